The van der Waals surface area contributed by atoms with Gasteiger partial charge in [-0.3, -0.25) is 4.79 Å². The highest BCUT2D eigenvalue weighted by atomic mass is 32.2. The van der Waals surface area contributed by atoms with E-state index >= 15 is 0 Å². The molecule has 0 aromatic carbocycles. The lowest BCUT2D eigenvalue weighted by molar-refractivity contribution is 0.253. The molecule has 0 heterocycles. The van der Waals surface area contributed by atoms with Gasteiger partial charge in [0.2, 0.25) is 0 Å². The molecule has 1 amide bonds. The molecule has 0 fully saturated rings. The van der Waals surface area contributed by atoms with Crippen LogP contribution in [0.1, 0.15) is 46.5 Å². The van der Waals surface area contributed by atoms with Crippen LogP contribution < -0.4 is 11.1 Å². The Morgan fingerprint density at radius 2 is 1.88 bits per heavy atom. The molecule has 3 nitrogen and oxygen atoms in total. The van der Waals surface area contributed by atoms with Crippen LogP contribution in [0.4, 0.5) is 4.79 Å². The Bertz CT molecular complexity index is 284. The van der Waals surface area contributed by atoms with Crippen molar-refractivity contribution in [1.82, 2.24) is 5.32 Å². The van der Waals surface area contributed by atoms with Crippen LogP contribution in [0, 0.1) is 0 Å². The quantitative estimate of drug-likeness (QED) is 0.709. The zero-order valence-corrected chi connectivity index (χ0v) is 11.8. The fourth-order valence-corrected chi connectivity index (χ4v) is 2.62. The molecule has 17 heavy (non-hydrogen) atoms. The molecule has 98 valence electrons. The number of rotatable bonds is 1. The Morgan fingerprint density at radius 1 is 1.29 bits per heavy atom. The summed E-state index contributed by atoms with van der Waals surface area (Å²) < 4.78 is -0.0459. The molecule has 4 heteroatoms. The first-order chi connectivity index (χ1) is 7.88. The first-order valence-corrected chi connectivity index (χ1v) is 7.10. The van der Waals surface area contributed by atoms with Crippen LogP contribution in [0.3, 0.4) is 0 Å². The molecule has 1 aliphatic carbocycles. The topological polar surface area (TPSA) is 55.1 Å². The molecule has 0 saturated heterocycles. The lowest BCUT2D eigenvalue weighted by Gasteiger charge is -2.27. The van der Waals surface area contributed by atoms with Gasteiger partial charge in [-0.15, -0.1) is 0 Å². The Morgan fingerprint density at radius 3 is 2.47 bits per heavy atom. The number of amides is 1. The standard InChI is InChI=1S/C13H24N2OS/c1-13(2,3)17-12(16)15-11-9-7-5-4-6-8-10(11)14/h4-5,10-11H,6-9,14H2,1-3H3,(H,15,16)/b5-4+/t10-,11-/m1/s1. The summed E-state index contributed by atoms with van der Waals surface area (Å²) in [5.74, 6) is 0. The second-order valence-corrected chi connectivity index (χ2v) is 7.34. The number of hydrogen-bond acceptors (Lipinski definition) is 3. The predicted molar refractivity (Wildman–Crippen MR) is 75.2 cm³/mol. The summed E-state index contributed by atoms with van der Waals surface area (Å²) in [6.45, 7) is 6.12. The molecule has 0 unspecified atom stereocenters. The van der Waals surface area contributed by atoms with E-state index in [0.29, 0.717) is 0 Å². The molecule has 0 saturated carbocycles. The van der Waals surface area contributed by atoms with Gasteiger partial charge in [0.15, 0.2) is 0 Å². The third-order valence-electron chi connectivity index (χ3n) is 2.70. The van der Waals surface area contributed by atoms with Crippen molar-refractivity contribution in [3.8, 4) is 0 Å². The fraction of sp³-hybridized carbons (Fsp3) is 0.769. The zero-order chi connectivity index (χ0) is 12.9. The highest BCUT2D eigenvalue weighted by Gasteiger charge is 2.23. The molecule has 1 aliphatic rings. The van der Waals surface area contributed by atoms with Crippen LogP contribution in [-0.2, 0) is 0 Å². The maximum Gasteiger partial charge on any atom is 0.279 e. The average molecular weight is 256 g/mol. The maximum atomic E-state index is 11.8. The van der Waals surface area contributed by atoms with E-state index in [9.17, 15) is 4.79 Å². The van der Waals surface area contributed by atoms with Gasteiger partial charge in [0.05, 0.1) is 0 Å². The van der Waals surface area contributed by atoms with Gasteiger partial charge in [0.1, 0.15) is 0 Å². The summed E-state index contributed by atoms with van der Waals surface area (Å²) in [6.07, 6.45) is 8.26. The molecule has 0 aliphatic heterocycles. The van der Waals surface area contributed by atoms with E-state index in [-0.39, 0.29) is 22.1 Å². The van der Waals surface area contributed by atoms with Crippen LogP contribution in [0.25, 0.3) is 0 Å². The molecular weight excluding hydrogens is 232 g/mol. The van der Waals surface area contributed by atoms with Gasteiger partial charge in [-0.1, -0.05) is 44.7 Å². The van der Waals surface area contributed by atoms with Crippen molar-refractivity contribution < 1.29 is 4.79 Å². The van der Waals surface area contributed by atoms with Crippen LogP contribution in [-0.4, -0.2) is 22.1 Å². The van der Waals surface area contributed by atoms with Gasteiger partial charge in [-0.05, 0) is 25.7 Å². The van der Waals surface area contributed by atoms with Crippen molar-refractivity contribution in [1.29, 1.82) is 0 Å². The smallest absolute Gasteiger partial charge is 0.279 e. The monoisotopic (exact) mass is 256 g/mol. The lowest BCUT2D eigenvalue weighted by atomic mass is 9.96. The Balaban J connectivity index is 2.47. The van der Waals surface area contributed by atoms with E-state index < -0.39 is 0 Å². The van der Waals surface area contributed by atoms with E-state index in [1.165, 1.54) is 11.8 Å². The summed E-state index contributed by atoms with van der Waals surface area (Å²) in [5.41, 5.74) is 6.10. The Kier molecular flexibility index (Phi) is 5.53. The lowest BCUT2D eigenvalue weighted by Crippen LogP contribution is -2.47. The first kappa shape index (κ1) is 14.6. The molecule has 0 aromatic rings. The number of carbonyl (C=O) groups is 1. The van der Waals surface area contributed by atoms with Crippen LogP contribution in [0.2, 0.25) is 0 Å². The molecule has 2 atom stereocenters. The predicted octanol–water partition coefficient (Wildman–Crippen LogP) is 3.05. The summed E-state index contributed by atoms with van der Waals surface area (Å²) in [6, 6.07) is 0.187. The van der Waals surface area contributed by atoms with Crippen molar-refractivity contribution in [2.45, 2.75) is 63.3 Å². The van der Waals surface area contributed by atoms with E-state index in [4.69, 9.17) is 5.73 Å². The molecule has 0 aromatic heterocycles. The minimum absolute atomic E-state index is 0.0440. The van der Waals surface area contributed by atoms with Gasteiger partial charge in [-0.2, -0.15) is 0 Å². The number of nitrogens with one attached hydrogen (secondary N) is 1. The van der Waals surface area contributed by atoms with Gasteiger partial charge in [0.25, 0.3) is 5.24 Å². The molecule has 3 N–H and O–H groups in total. The third kappa shape index (κ3) is 6.13. The Hall–Kier alpha value is -0.480. The van der Waals surface area contributed by atoms with Crippen LogP contribution >= 0.6 is 11.8 Å². The summed E-state index contributed by atoms with van der Waals surface area (Å²) in [5, 5.41) is 3.10. The largest absolute Gasteiger partial charge is 0.343 e. The minimum atomic E-state index is -0.0459. The highest BCUT2D eigenvalue weighted by Crippen LogP contribution is 2.24. The third-order valence-corrected chi connectivity index (χ3v) is 3.61. The van der Waals surface area contributed by atoms with Crippen LogP contribution in [0.15, 0.2) is 12.2 Å². The second-order valence-electron chi connectivity index (χ2n) is 5.54. The second kappa shape index (κ2) is 6.45. The van der Waals surface area contributed by atoms with E-state index in [0.717, 1.165) is 25.7 Å². The zero-order valence-electron chi connectivity index (χ0n) is 11.0. The van der Waals surface area contributed by atoms with Crippen molar-refractivity contribution in [2.24, 2.45) is 5.73 Å². The highest BCUT2D eigenvalue weighted by molar-refractivity contribution is 8.14. The van der Waals surface area contributed by atoms with E-state index in [2.05, 4.69) is 17.5 Å². The van der Waals surface area contributed by atoms with Gasteiger partial charge >= 0.3 is 0 Å². The van der Waals surface area contributed by atoms with Crippen molar-refractivity contribution >= 4 is 17.0 Å². The van der Waals surface area contributed by atoms with Gasteiger partial charge in [-0.25, -0.2) is 0 Å². The van der Waals surface area contributed by atoms with E-state index in [1.54, 1.807) is 0 Å². The van der Waals surface area contributed by atoms with Crippen molar-refractivity contribution in [2.75, 3.05) is 0 Å². The summed E-state index contributed by atoms with van der Waals surface area (Å²) in [7, 11) is 0. The Labute approximate surface area is 109 Å². The SMILES string of the molecule is CC(C)(C)SC(=O)N[C@@H]1CC/C=C/CC[C@H]1N. The summed E-state index contributed by atoms with van der Waals surface area (Å²) in [4.78, 5) is 11.8. The van der Waals surface area contributed by atoms with Crippen molar-refractivity contribution in [3.05, 3.63) is 12.2 Å². The maximum absolute atomic E-state index is 11.8. The first-order valence-electron chi connectivity index (χ1n) is 6.28. The van der Waals surface area contributed by atoms with Crippen LogP contribution in [0.5, 0.6) is 0 Å². The molecular formula is C13H24N2OS. The number of nitrogens with two attached hydrogens (primary N) is 1. The number of allylic oxidation sites excluding steroid dienone is 2. The molecule has 0 bridgehead atoms. The number of carbonyl (C=O) groups excluding carboxylic acids is 1. The van der Waals surface area contributed by atoms with Gasteiger partial charge < -0.3 is 11.1 Å². The van der Waals surface area contributed by atoms with Gasteiger partial charge in [0, 0.05) is 16.8 Å². The normalized spacial score (nSPS) is 28.0. The molecule has 0 spiro atoms. The fourth-order valence-electron chi connectivity index (χ4n) is 1.85. The van der Waals surface area contributed by atoms with E-state index in [1.807, 2.05) is 20.8 Å². The van der Waals surface area contributed by atoms with Crippen molar-refractivity contribution in [3.63, 3.8) is 0 Å². The average Bonchev–Trinajstić information content (AvgIpc) is 2.15. The number of hydrogen-bond donors (Lipinski definition) is 2. The summed E-state index contributed by atoms with van der Waals surface area (Å²) >= 11 is 1.34. The minimum Gasteiger partial charge on any atom is -0.343 e. The molecule has 1 rings (SSSR count). The number of thioether (sulfide) groups is 1. The molecule has 0 radical (unpaired) electrons.